The Kier molecular flexibility index (Phi) is 3.85. The molecule has 7 heteroatoms. The second kappa shape index (κ2) is 5.83. The summed E-state index contributed by atoms with van der Waals surface area (Å²) in [7, 11) is 0. The van der Waals surface area contributed by atoms with Gasteiger partial charge >= 0.3 is 6.36 Å². The molecule has 1 heterocycles. The molecule has 0 radical (unpaired) electrons. The standard InChI is InChI=1S/C16H11F3O4/c17-16(18,19)23-14-7-10(1-2-12(14)9-20)11-3-4-13-15(8-11)22-6-5-21-13/h1-4,7-9H,5-6H2. The third-order valence-electron chi connectivity index (χ3n) is 3.24. The van der Waals surface area contributed by atoms with E-state index in [4.69, 9.17) is 9.47 Å². The molecule has 0 unspecified atom stereocenters. The van der Waals surface area contributed by atoms with E-state index in [2.05, 4.69) is 4.74 Å². The fraction of sp³-hybridized carbons (Fsp3) is 0.188. The molecule has 0 atom stereocenters. The van der Waals surface area contributed by atoms with Gasteiger partial charge in [0.2, 0.25) is 0 Å². The lowest BCUT2D eigenvalue weighted by Gasteiger charge is -2.19. The molecule has 0 saturated carbocycles. The van der Waals surface area contributed by atoms with Crippen LogP contribution in [0.4, 0.5) is 13.2 Å². The Hall–Kier alpha value is -2.70. The quantitative estimate of drug-likeness (QED) is 0.805. The van der Waals surface area contributed by atoms with Crippen molar-refractivity contribution in [2.45, 2.75) is 6.36 Å². The Morgan fingerprint density at radius 3 is 2.30 bits per heavy atom. The number of halogens is 3. The molecule has 3 rings (SSSR count). The predicted octanol–water partition coefficient (Wildman–Crippen LogP) is 3.84. The van der Waals surface area contributed by atoms with E-state index in [-0.39, 0.29) is 5.56 Å². The second-order valence-electron chi connectivity index (χ2n) is 4.78. The van der Waals surface area contributed by atoms with E-state index in [1.807, 2.05) is 0 Å². The van der Waals surface area contributed by atoms with Crippen LogP contribution in [-0.2, 0) is 0 Å². The Bertz CT molecular complexity index is 741. The first-order valence-electron chi connectivity index (χ1n) is 6.71. The minimum atomic E-state index is -4.87. The molecule has 1 aliphatic heterocycles. The minimum absolute atomic E-state index is 0.177. The highest BCUT2D eigenvalue weighted by atomic mass is 19.4. The Morgan fingerprint density at radius 2 is 1.61 bits per heavy atom. The van der Waals surface area contributed by atoms with Crippen molar-refractivity contribution in [3.05, 3.63) is 42.0 Å². The summed E-state index contributed by atoms with van der Waals surface area (Å²) in [5.74, 6) is 0.558. The lowest BCUT2D eigenvalue weighted by atomic mass is 10.0. The van der Waals surface area contributed by atoms with Gasteiger partial charge in [0.15, 0.2) is 17.8 Å². The molecule has 0 aromatic heterocycles. The minimum Gasteiger partial charge on any atom is -0.486 e. The zero-order valence-electron chi connectivity index (χ0n) is 11.7. The topological polar surface area (TPSA) is 44.8 Å². The average molecular weight is 324 g/mol. The van der Waals surface area contributed by atoms with Crippen LogP contribution >= 0.6 is 0 Å². The number of hydrogen-bond acceptors (Lipinski definition) is 4. The van der Waals surface area contributed by atoms with Crippen LogP contribution in [-0.4, -0.2) is 25.9 Å². The zero-order valence-corrected chi connectivity index (χ0v) is 11.7. The number of rotatable bonds is 3. The van der Waals surface area contributed by atoms with Gasteiger partial charge in [-0.2, -0.15) is 0 Å². The fourth-order valence-electron chi connectivity index (χ4n) is 2.25. The van der Waals surface area contributed by atoms with Crippen LogP contribution in [0.2, 0.25) is 0 Å². The van der Waals surface area contributed by atoms with Crippen LogP contribution in [0.3, 0.4) is 0 Å². The normalized spacial score (nSPS) is 13.5. The van der Waals surface area contributed by atoms with Crippen LogP contribution in [0, 0.1) is 0 Å². The van der Waals surface area contributed by atoms with Crippen molar-refractivity contribution < 1.29 is 32.2 Å². The van der Waals surface area contributed by atoms with Gasteiger partial charge in [0.25, 0.3) is 0 Å². The fourth-order valence-corrected chi connectivity index (χ4v) is 2.25. The van der Waals surface area contributed by atoms with Crippen LogP contribution in [0.5, 0.6) is 17.2 Å². The smallest absolute Gasteiger partial charge is 0.486 e. The third kappa shape index (κ3) is 3.39. The maximum Gasteiger partial charge on any atom is 0.573 e. The number of benzene rings is 2. The van der Waals surface area contributed by atoms with Crippen LogP contribution < -0.4 is 14.2 Å². The molecule has 23 heavy (non-hydrogen) atoms. The van der Waals surface area contributed by atoms with Crippen LogP contribution in [0.1, 0.15) is 10.4 Å². The highest BCUT2D eigenvalue weighted by Gasteiger charge is 2.32. The number of carbonyl (C=O) groups excluding carboxylic acids is 1. The van der Waals surface area contributed by atoms with Gasteiger partial charge in [-0.05, 0) is 35.4 Å². The van der Waals surface area contributed by atoms with Crippen LogP contribution in [0.15, 0.2) is 36.4 Å². The number of alkyl halides is 3. The summed E-state index contributed by atoms with van der Waals surface area (Å²) in [4.78, 5) is 10.9. The van der Waals surface area contributed by atoms with Crippen molar-refractivity contribution in [2.24, 2.45) is 0 Å². The monoisotopic (exact) mass is 324 g/mol. The molecular formula is C16H11F3O4. The predicted molar refractivity (Wildman–Crippen MR) is 74.9 cm³/mol. The van der Waals surface area contributed by atoms with E-state index in [1.165, 1.54) is 12.1 Å². The maximum atomic E-state index is 12.4. The zero-order chi connectivity index (χ0) is 16.4. The van der Waals surface area contributed by atoms with Gasteiger partial charge in [-0.25, -0.2) is 0 Å². The van der Waals surface area contributed by atoms with E-state index in [9.17, 15) is 18.0 Å². The summed E-state index contributed by atoms with van der Waals surface area (Å²) in [6.45, 7) is 0.854. The van der Waals surface area contributed by atoms with Gasteiger partial charge < -0.3 is 14.2 Å². The molecule has 120 valence electrons. The molecule has 1 aliphatic rings. The van der Waals surface area contributed by atoms with E-state index < -0.39 is 12.1 Å². The largest absolute Gasteiger partial charge is 0.573 e. The molecule has 0 fully saturated rings. The third-order valence-corrected chi connectivity index (χ3v) is 3.24. The summed E-state index contributed by atoms with van der Waals surface area (Å²) >= 11 is 0. The first-order chi connectivity index (χ1) is 11.0. The van der Waals surface area contributed by atoms with E-state index in [0.29, 0.717) is 42.1 Å². The summed E-state index contributed by atoms with van der Waals surface area (Å²) in [5.41, 5.74) is 0.911. The second-order valence-corrected chi connectivity index (χ2v) is 4.78. The van der Waals surface area contributed by atoms with Crippen LogP contribution in [0.25, 0.3) is 11.1 Å². The van der Waals surface area contributed by atoms with E-state index >= 15 is 0 Å². The Balaban J connectivity index is 1.99. The summed E-state index contributed by atoms with van der Waals surface area (Å²) < 4.78 is 52.1. The highest BCUT2D eigenvalue weighted by molar-refractivity contribution is 5.82. The van der Waals surface area contributed by atoms with Crippen molar-refractivity contribution in [3.8, 4) is 28.4 Å². The van der Waals surface area contributed by atoms with Crippen molar-refractivity contribution in [3.63, 3.8) is 0 Å². The molecule has 0 amide bonds. The summed E-state index contributed by atoms with van der Waals surface area (Å²) in [6.07, 6.45) is -4.56. The SMILES string of the molecule is O=Cc1ccc(-c2ccc3c(c2)OCCO3)cc1OC(F)(F)F. The number of fused-ring (bicyclic) bond motifs is 1. The van der Waals surface area contributed by atoms with Gasteiger partial charge in [-0.3, -0.25) is 4.79 Å². The Labute approximate surface area is 129 Å². The molecule has 0 aliphatic carbocycles. The molecule has 2 aromatic rings. The van der Waals surface area contributed by atoms with Gasteiger partial charge in [-0.15, -0.1) is 13.2 Å². The van der Waals surface area contributed by atoms with Gasteiger partial charge in [0.1, 0.15) is 19.0 Å². The lowest BCUT2D eigenvalue weighted by Crippen LogP contribution is -2.18. The van der Waals surface area contributed by atoms with Crippen molar-refractivity contribution in [2.75, 3.05) is 13.2 Å². The molecule has 0 N–H and O–H groups in total. The Morgan fingerprint density at radius 1 is 0.957 bits per heavy atom. The molecule has 2 aromatic carbocycles. The first kappa shape index (κ1) is 15.2. The average Bonchev–Trinajstić information content (AvgIpc) is 2.53. The van der Waals surface area contributed by atoms with E-state index in [1.54, 1.807) is 24.3 Å². The van der Waals surface area contributed by atoms with E-state index in [0.717, 1.165) is 0 Å². The van der Waals surface area contributed by atoms with Crippen molar-refractivity contribution in [1.29, 1.82) is 0 Å². The number of ether oxygens (including phenoxy) is 3. The first-order valence-corrected chi connectivity index (χ1v) is 6.71. The summed E-state index contributed by atoms with van der Waals surface area (Å²) in [6, 6.07) is 9.03. The maximum absolute atomic E-state index is 12.4. The molecule has 0 spiro atoms. The highest BCUT2D eigenvalue weighted by Crippen LogP contribution is 2.36. The van der Waals surface area contributed by atoms with Gasteiger partial charge in [0, 0.05) is 0 Å². The van der Waals surface area contributed by atoms with Gasteiger partial charge in [0.05, 0.1) is 5.56 Å². The number of hydrogen-bond donors (Lipinski definition) is 0. The molecular weight excluding hydrogens is 313 g/mol. The van der Waals surface area contributed by atoms with Crippen molar-refractivity contribution >= 4 is 6.29 Å². The molecule has 0 saturated heterocycles. The number of aldehydes is 1. The molecule has 0 bridgehead atoms. The van der Waals surface area contributed by atoms with Gasteiger partial charge in [-0.1, -0.05) is 12.1 Å². The van der Waals surface area contributed by atoms with Crippen molar-refractivity contribution in [1.82, 2.24) is 0 Å². The molecule has 4 nitrogen and oxygen atoms in total. The summed E-state index contributed by atoms with van der Waals surface area (Å²) in [5, 5.41) is 0. The number of carbonyl (C=O) groups is 1. The lowest BCUT2D eigenvalue weighted by molar-refractivity contribution is -0.274.